The summed E-state index contributed by atoms with van der Waals surface area (Å²) in [5.74, 6) is 0.953. The van der Waals surface area contributed by atoms with Crippen LogP contribution in [0.2, 0.25) is 0 Å². The Bertz CT molecular complexity index is 3720. The zero-order chi connectivity index (χ0) is 40.3. The van der Waals surface area contributed by atoms with E-state index in [1.54, 1.807) is 0 Å². The first-order valence-corrected chi connectivity index (χ1v) is 20.9. The van der Waals surface area contributed by atoms with Crippen LogP contribution in [-0.2, 0) is 7.05 Å². The Morgan fingerprint density at radius 3 is 2.00 bits per heavy atom. The lowest BCUT2D eigenvalue weighted by molar-refractivity contribution is 0.958. The van der Waals surface area contributed by atoms with Gasteiger partial charge in [0.2, 0.25) is 0 Å². The fourth-order valence-corrected chi connectivity index (χ4v) is 10.1. The Morgan fingerprint density at radius 1 is 0.525 bits per heavy atom. The number of aromatic nitrogens is 4. The van der Waals surface area contributed by atoms with Crippen LogP contribution < -0.4 is 16.2 Å². The quantitative estimate of drug-likeness (QED) is 0.177. The molecule has 285 valence electrons. The number of rotatable bonds is 5. The second-order valence-corrected chi connectivity index (χ2v) is 16.4. The molecule has 0 fully saturated rings. The maximum atomic E-state index is 5.26. The van der Waals surface area contributed by atoms with E-state index < -0.39 is 0 Å². The second kappa shape index (κ2) is 12.8. The van der Waals surface area contributed by atoms with E-state index in [1.165, 1.54) is 65.4 Å². The highest BCUT2D eigenvalue weighted by molar-refractivity contribution is 6.74. The average Bonchev–Trinajstić information content (AvgIpc) is 3.95. The first kappa shape index (κ1) is 34.1. The fourth-order valence-electron chi connectivity index (χ4n) is 10.1. The summed E-state index contributed by atoms with van der Waals surface area (Å²) in [6.45, 7) is 2.13. The molecule has 1 aliphatic rings. The largest absolute Gasteiger partial charge is 0.355 e. The lowest BCUT2D eigenvalue weighted by atomic mass is 9.59. The molecule has 0 unspecified atom stereocenters. The van der Waals surface area contributed by atoms with Crippen molar-refractivity contribution in [3.63, 3.8) is 0 Å². The van der Waals surface area contributed by atoms with E-state index in [9.17, 15) is 0 Å². The molecule has 0 spiro atoms. The van der Waals surface area contributed by atoms with Crippen LogP contribution in [0.5, 0.6) is 0 Å². The minimum Gasteiger partial charge on any atom is -0.355 e. The van der Waals surface area contributed by atoms with Crippen LogP contribution in [0.25, 0.3) is 99.3 Å². The standard InChI is InChI=1S/C55H37BN5/c1-33-24-27-36(28-25-33)57-43-21-11-8-18-38(43)41-30-50(60-45-22-12-9-19-39(45)40-20-10-13-23-46(40)60)52-51-37-17-7-6-14-34(37)26-29-47(51)61-48-32-49-44(31-42(48)56-53(41)54(52)61)58-55(59(49)2)35-15-4-3-5-16-35/h3-32,57H,1-2H3. The summed E-state index contributed by atoms with van der Waals surface area (Å²) in [6, 6.07) is 66.2. The molecule has 4 heterocycles. The van der Waals surface area contributed by atoms with E-state index in [2.05, 4.69) is 222 Å². The highest BCUT2D eigenvalue weighted by Gasteiger charge is 2.31. The van der Waals surface area contributed by atoms with Crippen LogP contribution in [0.4, 0.5) is 11.4 Å². The minimum absolute atomic E-state index is 0.953. The van der Waals surface area contributed by atoms with Crippen molar-refractivity contribution < 1.29 is 0 Å². The molecule has 0 atom stereocenters. The van der Waals surface area contributed by atoms with Crippen LogP contribution in [0.15, 0.2) is 182 Å². The molecule has 3 aromatic heterocycles. The van der Waals surface area contributed by atoms with Crippen molar-refractivity contribution in [1.29, 1.82) is 0 Å². The smallest absolute Gasteiger partial charge is 0.198 e. The number of benzene rings is 9. The highest BCUT2D eigenvalue weighted by atomic mass is 15.1. The van der Waals surface area contributed by atoms with Gasteiger partial charge in [-0.15, -0.1) is 0 Å². The third-order valence-corrected chi connectivity index (χ3v) is 12.9. The van der Waals surface area contributed by atoms with Gasteiger partial charge in [0, 0.05) is 56.8 Å². The van der Waals surface area contributed by atoms with E-state index in [-0.39, 0.29) is 0 Å². The molecule has 1 aliphatic heterocycles. The lowest BCUT2D eigenvalue weighted by Crippen LogP contribution is -2.37. The summed E-state index contributed by atoms with van der Waals surface area (Å²) in [4.78, 5) is 5.26. The van der Waals surface area contributed by atoms with Gasteiger partial charge in [0.1, 0.15) is 5.82 Å². The number of hydrogen-bond acceptors (Lipinski definition) is 2. The molecule has 0 amide bonds. The number of nitrogens with one attached hydrogen (secondary N) is 1. The van der Waals surface area contributed by atoms with Crippen LogP contribution in [-0.4, -0.2) is 26.0 Å². The van der Waals surface area contributed by atoms with Gasteiger partial charge in [-0.1, -0.05) is 138 Å². The molecule has 61 heavy (non-hydrogen) atoms. The monoisotopic (exact) mass is 778 g/mol. The van der Waals surface area contributed by atoms with Gasteiger partial charge in [0.05, 0.1) is 38.8 Å². The van der Waals surface area contributed by atoms with E-state index >= 15 is 0 Å². The molecule has 1 radical (unpaired) electrons. The van der Waals surface area contributed by atoms with Gasteiger partial charge in [-0.25, -0.2) is 4.98 Å². The topological polar surface area (TPSA) is 39.7 Å². The van der Waals surface area contributed by atoms with Crippen molar-refractivity contribution in [2.45, 2.75) is 6.92 Å². The van der Waals surface area contributed by atoms with Crippen molar-refractivity contribution in [2.24, 2.45) is 7.05 Å². The number of anilines is 2. The van der Waals surface area contributed by atoms with Gasteiger partial charge < -0.3 is 19.0 Å². The molecule has 0 aliphatic carbocycles. The number of nitrogens with zero attached hydrogens (tertiary/aromatic N) is 4. The summed E-state index contributed by atoms with van der Waals surface area (Å²) in [5.41, 5.74) is 18.2. The molecule has 9 aromatic carbocycles. The summed E-state index contributed by atoms with van der Waals surface area (Å²) >= 11 is 0. The zero-order valence-electron chi connectivity index (χ0n) is 33.7. The SMILES string of the molecule is Cc1ccc(Nc2ccccc2-c2cc(-n3c4ccccc4c4ccccc43)c3c4c5ccccc5ccc4n4c3c2[B]c2cc3nc(-c5ccccc5)n(C)c3cc2-4)cc1. The first-order chi connectivity index (χ1) is 30.1. The van der Waals surface area contributed by atoms with E-state index in [0.717, 1.165) is 61.8 Å². The first-order valence-electron chi connectivity index (χ1n) is 20.9. The summed E-state index contributed by atoms with van der Waals surface area (Å²) in [7, 11) is 4.56. The van der Waals surface area contributed by atoms with Crippen LogP contribution in [0.3, 0.4) is 0 Å². The predicted molar refractivity (Wildman–Crippen MR) is 257 cm³/mol. The normalized spacial score (nSPS) is 12.2. The molecule has 6 heteroatoms. The maximum Gasteiger partial charge on any atom is 0.198 e. The Balaban J connectivity index is 1.21. The molecular formula is C55H37BN5. The Hall–Kier alpha value is -7.83. The van der Waals surface area contributed by atoms with Gasteiger partial charge in [-0.3, -0.25) is 0 Å². The van der Waals surface area contributed by atoms with E-state index in [1.807, 2.05) is 0 Å². The lowest BCUT2D eigenvalue weighted by Gasteiger charge is -2.25. The third-order valence-electron chi connectivity index (χ3n) is 12.9. The van der Waals surface area contributed by atoms with Crippen molar-refractivity contribution in [3.8, 4) is 33.9 Å². The number of hydrogen-bond donors (Lipinski definition) is 1. The van der Waals surface area contributed by atoms with Crippen LogP contribution in [0.1, 0.15) is 5.56 Å². The Morgan fingerprint density at radius 2 is 1.21 bits per heavy atom. The van der Waals surface area contributed by atoms with Crippen molar-refractivity contribution in [2.75, 3.05) is 5.32 Å². The highest BCUT2D eigenvalue weighted by Crippen LogP contribution is 2.45. The van der Waals surface area contributed by atoms with Crippen molar-refractivity contribution in [1.82, 2.24) is 18.7 Å². The fraction of sp³-hybridized carbons (Fsp3) is 0.0364. The molecule has 0 saturated heterocycles. The number of imidazole rings is 1. The summed E-state index contributed by atoms with van der Waals surface area (Å²) in [6.07, 6.45) is 0. The van der Waals surface area contributed by atoms with Crippen molar-refractivity contribution in [3.05, 3.63) is 188 Å². The molecule has 5 nitrogen and oxygen atoms in total. The second-order valence-electron chi connectivity index (χ2n) is 16.4. The van der Waals surface area contributed by atoms with Gasteiger partial charge in [0.25, 0.3) is 0 Å². The van der Waals surface area contributed by atoms with Crippen LogP contribution >= 0.6 is 0 Å². The van der Waals surface area contributed by atoms with Crippen LogP contribution in [0, 0.1) is 6.92 Å². The van der Waals surface area contributed by atoms with Gasteiger partial charge in [-0.2, -0.15) is 0 Å². The molecule has 1 N–H and O–H groups in total. The van der Waals surface area contributed by atoms with Gasteiger partial charge in [0.15, 0.2) is 7.28 Å². The Kier molecular flexibility index (Phi) is 7.17. The molecule has 0 bridgehead atoms. The maximum absolute atomic E-state index is 5.26. The number of fused-ring (bicyclic) bond motifs is 11. The minimum atomic E-state index is 0.953. The zero-order valence-corrected chi connectivity index (χ0v) is 33.7. The third kappa shape index (κ3) is 4.93. The predicted octanol–water partition coefficient (Wildman–Crippen LogP) is 12.3. The van der Waals surface area contributed by atoms with E-state index in [4.69, 9.17) is 4.98 Å². The van der Waals surface area contributed by atoms with Gasteiger partial charge >= 0.3 is 0 Å². The molecule has 12 aromatic rings. The summed E-state index contributed by atoms with van der Waals surface area (Å²) < 4.78 is 7.31. The van der Waals surface area contributed by atoms with Gasteiger partial charge in [-0.05, 0) is 83.3 Å². The number of para-hydroxylation sites is 3. The molecule has 0 saturated carbocycles. The van der Waals surface area contributed by atoms with Crippen molar-refractivity contribution >= 4 is 95.0 Å². The number of aryl methyl sites for hydroxylation is 2. The average molecular weight is 779 g/mol. The Labute approximate surface area is 353 Å². The molecule has 13 rings (SSSR count). The van der Waals surface area contributed by atoms with E-state index in [0.29, 0.717) is 0 Å². The molecular weight excluding hydrogens is 741 g/mol. The summed E-state index contributed by atoms with van der Waals surface area (Å²) in [5, 5.41) is 11.2.